The van der Waals surface area contributed by atoms with Gasteiger partial charge in [-0.05, 0) is 18.1 Å². The van der Waals surface area contributed by atoms with E-state index in [1.165, 1.54) is 0 Å². The minimum atomic E-state index is -0.781. The van der Waals surface area contributed by atoms with Gasteiger partial charge in [-0.2, -0.15) is 0 Å². The third kappa shape index (κ3) is 2.14. The van der Waals surface area contributed by atoms with Crippen molar-refractivity contribution in [2.75, 3.05) is 0 Å². The Hall–Kier alpha value is -2.10. The fourth-order valence-electron chi connectivity index (χ4n) is 1.85. The predicted octanol–water partition coefficient (Wildman–Crippen LogP) is 2.73. The first-order valence-corrected chi connectivity index (χ1v) is 5.78. The number of carbonyl (C=O) groups excluding carboxylic acids is 1. The first-order chi connectivity index (χ1) is 8.50. The summed E-state index contributed by atoms with van der Waals surface area (Å²) in [4.78, 5) is 23.6. The third-order valence-electron chi connectivity index (χ3n) is 2.66. The van der Waals surface area contributed by atoms with Crippen molar-refractivity contribution in [1.29, 1.82) is 0 Å². The molecule has 4 heteroatoms. The number of para-hydroxylation sites is 1. The van der Waals surface area contributed by atoms with E-state index in [2.05, 4.69) is 0 Å². The fraction of sp³-hybridized carbons (Fsp3) is 0.286. The van der Waals surface area contributed by atoms with Crippen LogP contribution in [0.15, 0.2) is 33.5 Å². The van der Waals surface area contributed by atoms with Crippen LogP contribution >= 0.6 is 0 Å². The first kappa shape index (κ1) is 12.4. The smallest absolute Gasteiger partial charge is 0.351 e. The Morgan fingerprint density at radius 1 is 1.33 bits per heavy atom. The van der Waals surface area contributed by atoms with E-state index in [1.54, 1.807) is 24.3 Å². The highest BCUT2D eigenvalue weighted by atomic mass is 16.4. The summed E-state index contributed by atoms with van der Waals surface area (Å²) in [5.74, 6) is -0.558. The molecular weight excluding hydrogens is 232 g/mol. The molecule has 0 aliphatic rings. The molecule has 0 aliphatic heterocycles. The number of rotatable bonds is 3. The van der Waals surface area contributed by atoms with Crippen LogP contribution in [0.25, 0.3) is 11.0 Å². The summed E-state index contributed by atoms with van der Waals surface area (Å²) in [6.45, 7) is 3.75. The number of carbonyl (C=O) groups is 1. The zero-order chi connectivity index (χ0) is 13.3. The van der Waals surface area contributed by atoms with Gasteiger partial charge in [-0.1, -0.05) is 26.0 Å². The molecule has 0 aliphatic carbocycles. The van der Waals surface area contributed by atoms with Gasteiger partial charge in [0.1, 0.15) is 16.9 Å². The maximum atomic E-state index is 11.9. The van der Waals surface area contributed by atoms with Gasteiger partial charge in [0.15, 0.2) is 5.78 Å². The minimum absolute atomic E-state index is 0.114. The largest absolute Gasteiger partial charge is 0.506 e. The molecule has 0 fully saturated rings. The molecule has 0 radical (unpaired) electrons. The van der Waals surface area contributed by atoms with Crippen LogP contribution in [0.1, 0.15) is 30.6 Å². The lowest BCUT2D eigenvalue weighted by Crippen LogP contribution is -2.15. The van der Waals surface area contributed by atoms with Crippen molar-refractivity contribution >= 4 is 16.8 Å². The van der Waals surface area contributed by atoms with Crippen LogP contribution in [-0.4, -0.2) is 10.9 Å². The second-order valence-electron chi connectivity index (χ2n) is 4.63. The van der Waals surface area contributed by atoms with Crippen molar-refractivity contribution in [3.05, 3.63) is 40.2 Å². The van der Waals surface area contributed by atoms with E-state index in [1.807, 2.05) is 13.8 Å². The quantitative estimate of drug-likeness (QED) is 0.668. The topological polar surface area (TPSA) is 67.5 Å². The van der Waals surface area contributed by atoms with Crippen molar-refractivity contribution < 1.29 is 14.3 Å². The normalized spacial score (nSPS) is 11.1. The van der Waals surface area contributed by atoms with Crippen LogP contribution in [0, 0.1) is 5.92 Å². The van der Waals surface area contributed by atoms with Crippen LogP contribution in [0.5, 0.6) is 5.75 Å². The molecule has 94 valence electrons. The molecule has 0 saturated heterocycles. The standard InChI is InChI=1S/C14H14O4/c1-8(2)7-10(15)12-13(16)9-5-3-4-6-11(9)18-14(12)17/h3-6,8,16H,7H2,1-2H3. The summed E-state index contributed by atoms with van der Waals surface area (Å²) < 4.78 is 5.04. The monoisotopic (exact) mass is 246 g/mol. The fourth-order valence-corrected chi connectivity index (χ4v) is 1.85. The van der Waals surface area contributed by atoms with Crippen LogP contribution in [0.3, 0.4) is 0 Å². The zero-order valence-corrected chi connectivity index (χ0v) is 10.3. The van der Waals surface area contributed by atoms with Crippen LogP contribution < -0.4 is 5.63 Å². The van der Waals surface area contributed by atoms with Gasteiger partial charge in [0.2, 0.25) is 0 Å². The van der Waals surface area contributed by atoms with E-state index in [-0.39, 0.29) is 35.0 Å². The lowest BCUT2D eigenvalue weighted by atomic mass is 10.0. The Kier molecular flexibility index (Phi) is 3.19. The molecule has 0 unspecified atom stereocenters. The predicted molar refractivity (Wildman–Crippen MR) is 67.9 cm³/mol. The van der Waals surface area contributed by atoms with Crippen molar-refractivity contribution in [2.24, 2.45) is 5.92 Å². The Labute approximate surface area is 104 Å². The molecule has 0 atom stereocenters. The summed E-state index contributed by atoms with van der Waals surface area (Å²) in [5, 5.41) is 10.4. The average Bonchev–Trinajstić information content (AvgIpc) is 2.27. The first-order valence-electron chi connectivity index (χ1n) is 5.78. The van der Waals surface area contributed by atoms with E-state index in [0.29, 0.717) is 5.39 Å². The summed E-state index contributed by atoms with van der Waals surface area (Å²) in [5.41, 5.74) is -0.750. The minimum Gasteiger partial charge on any atom is -0.506 e. The molecule has 2 aromatic rings. The summed E-state index contributed by atoms with van der Waals surface area (Å²) in [7, 11) is 0. The van der Waals surface area contributed by atoms with Crippen LogP contribution in [0.4, 0.5) is 0 Å². The van der Waals surface area contributed by atoms with Crippen molar-refractivity contribution in [1.82, 2.24) is 0 Å². The zero-order valence-electron chi connectivity index (χ0n) is 10.3. The number of Topliss-reactive ketones (excluding diaryl/α,β-unsaturated/α-hetero) is 1. The van der Waals surface area contributed by atoms with Gasteiger partial charge in [-0.25, -0.2) is 4.79 Å². The molecule has 1 aromatic carbocycles. The van der Waals surface area contributed by atoms with Crippen molar-refractivity contribution in [2.45, 2.75) is 20.3 Å². The van der Waals surface area contributed by atoms with Gasteiger partial charge in [-0.15, -0.1) is 0 Å². The van der Waals surface area contributed by atoms with Crippen molar-refractivity contribution in [3.63, 3.8) is 0 Å². The number of hydrogen-bond acceptors (Lipinski definition) is 4. The molecule has 1 aromatic heterocycles. The molecule has 4 nitrogen and oxygen atoms in total. The highest BCUT2D eigenvalue weighted by Gasteiger charge is 2.21. The molecule has 2 rings (SSSR count). The lowest BCUT2D eigenvalue weighted by molar-refractivity contribution is 0.0961. The molecule has 0 bridgehead atoms. The Bertz CT molecular complexity index is 652. The van der Waals surface area contributed by atoms with Crippen LogP contribution in [0.2, 0.25) is 0 Å². The molecule has 1 N–H and O–H groups in total. The maximum absolute atomic E-state index is 11.9. The number of hydrogen-bond donors (Lipinski definition) is 1. The highest BCUT2D eigenvalue weighted by molar-refractivity contribution is 6.02. The molecule has 0 amide bonds. The SMILES string of the molecule is CC(C)CC(=O)c1c(O)c2ccccc2oc1=O. The van der Waals surface area contributed by atoms with E-state index in [9.17, 15) is 14.7 Å². The Balaban J connectivity index is 2.64. The molecule has 0 saturated carbocycles. The molecule has 18 heavy (non-hydrogen) atoms. The average molecular weight is 246 g/mol. The third-order valence-corrected chi connectivity index (χ3v) is 2.66. The molecule has 0 spiro atoms. The van der Waals surface area contributed by atoms with Gasteiger partial charge in [-0.3, -0.25) is 4.79 Å². The van der Waals surface area contributed by atoms with E-state index in [0.717, 1.165) is 0 Å². The number of aromatic hydroxyl groups is 1. The molecule has 1 heterocycles. The number of fused-ring (bicyclic) bond motifs is 1. The van der Waals surface area contributed by atoms with E-state index >= 15 is 0 Å². The Morgan fingerprint density at radius 3 is 2.67 bits per heavy atom. The summed E-state index contributed by atoms with van der Waals surface area (Å²) in [6, 6.07) is 6.59. The van der Waals surface area contributed by atoms with Gasteiger partial charge < -0.3 is 9.52 Å². The van der Waals surface area contributed by atoms with Gasteiger partial charge in [0.05, 0.1) is 5.39 Å². The maximum Gasteiger partial charge on any atom is 0.351 e. The number of benzene rings is 1. The number of ketones is 1. The lowest BCUT2D eigenvalue weighted by Gasteiger charge is -2.06. The second-order valence-corrected chi connectivity index (χ2v) is 4.63. The Morgan fingerprint density at radius 2 is 2.00 bits per heavy atom. The van der Waals surface area contributed by atoms with E-state index < -0.39 is 5.63 Å². The summed E-state index contributed by atoms with van der Waals surface area (Å²) in [6.07, 6.45) is 0.205. The van der Waals surface area contributed by atoms with Gasteiger partial charge >= 0.3 is 5.63 Å². The molecular formula is C14H14O4. The van der Waals surface area contributed by atoms with Crippen LogP contribution in [-0.2, 0) is 0 Å². The second kappa shape index (κ2) is 4.64. The van der Waals surface area contributed by atoms with Gasteiger partial charge in [0, 0.05) is 6.42 Å². The van der Waals surface area contributed by atoms with E-state index in [4.69, 9.17) is 4.42 Å². The van der Waals surface area contributed by atoms with Crippen molar-refractivity contribution in [3.8, 4) is 5.75 Å². The highest BCUT2D eigenvalue weighted by Crippen LogP contribution is 2.27. The van der Waals surface area contributed by atoms with Gasteiger partial charge in [0.25, 0.3) is 0 Å². The summed E-state index contributed by atoms with van der Waals surface area (Å²) >= 11 is 0.